The predicted molar refractivity (Wildman–Crippen MR) is 107 cm³/mol. The van der Waals surface area contributed by atoms with Gasteiger partial charge in [-0.25, -0.2) is 9.59 Å². The molecule has 0 saturated carbocycles. The normalized spacial score (nSPS) is 25.1. The average Bonchev–Trinajstić information content (AvgIpc) is 3.28. The lowest BCUT2D eigenvalue weighted by atomic mass is 10.1. The summed E-state index contributed by atoms with van der Waals surface area (Å²) in [6.07, 6.45) is -1.95. The summed E-state index contributed by atoms with van der Waals surface area (Å²) in [5.41, 5.74) is 1.26. The number of hydrogen-bond donors (Lipinski definition) is 3. The van der Waals surface area contributed by atoms with Crippen molar-refractivity contribution >= 4 is 35.1 Å². The Morgan fingerprint density at radius 2 is 1.59 bits per heavy atom. The Morgan fingerprint density at radius 1 is 0.897 bits per heavy atom. The van der Waals surface area contributed by atoms with Crippen LogP contribution in [0.15, 0.2) is 54.6 Å². The first-order valence-corrected chi connectivity index (χ1v) is 9.55. The lowest BCUT2D eigenvalue weighted by Crippen LogP contribution is -2.46. The Hall–Kier alpha value is -2.81. The topological polar surface area (TPSA) is 97.9 Å². The second-order valence-corrected chi connectivity index (χ2v) is 7.18. The first-order chi connectivity index (χ1) is 14.1. The van der Waals surface area contributed by atoms with E-state index in [4.69, 9.17) is 25.8 Å². The van der Waals surface area contributed by atoms with Gasteiger partial charge in [0.05, 0.1) is 19.3 Å². The predicted octanol–water partition coefficient (Wildman–Crippen LogP) is 3.25. The summed E-state index contributed by atoms with van der Waals surface area (Å²) in [5.74, 6) is 0. The Morgan fingerprint density at radius 3 is 2.34 bits per heavy atom. The van der Waals surface area contributed by atoms with Gasteiger partial charge in [0.1, 0.15) is 12.2 Å². The van der Waals surface area contributed by atoms with Crippen molar-refractivity contribution in [3.63, 3.8) is 0 Å². The largest absolute Gasteiger partial charge is 0.441 e. The van der Waals surface area contributed by atoms with Crippen LogP contribution in [0.4, 0.5) is 21.0 Å². The molecular weight excluding hydrogens is 398 g/mol. The highest BCUT2D eigenvalue weighted by atomic mass is 35.5. The number of urea groups is 1. The number of carbonyl (C=O) groups excluding carboxylic acids is 2. The van der Waals surface area contributed by atoms with Crippen LogP contribution in [0.1, 0.15) is 0 Å². The summed E-state index contributed by atoms with van der Waals surface area (Å²) in [4.78, 5) is 24.4. The fourth-order valence-electron chi connectivity index (χ4n) is 3.36. The van der Waals surface area contributed by atoms with Crippen molar-refractivity contribution in [1.82, 2.24) is 5.32 Å². The van der Waals surface area contributed by atoms with Crippen LogP contribution in [0.5, 0.6) is 0 Å². The molecule has 9 heteroatoms. The third-order valence-electron chi connectivity index (χ3n) is 4.71. The second kappa shape index (κ2) is 8.69. The zero-order valence-electron chi connectivity index (χ0n) is 15.3. The van der Waals surface area contributed by atoms with Gasteiger partial charge in [-0.15, -0.1) is 0 Å². The molecular formula is C20H20ClN3O5. The maximum atomic E-state index is 12.2. The molecule has 2 aromatic carbocycles. The SMILES string of the molecule is O=C(Nc1ccc(Cl)cc1)N[C@H]1CO[C@H]2[C@@H]1OC[C@H]2OC(=O)Nc1ccccc1. The number of ether oxygens (including phenoxy) is 3. The fraction of sp³-hybridized carbons (Fsp3) is 0.300. The Bertz CT molecular complexity index is 864. The van der Waals surface area contributed by atoms with Gasteiger partial charge >= 0.3 is 12.1 Å². The molecule has 0 aromatic heterocycles. The molecule has 2 fully saturated rings. The number of carbonyl (C=O) groups is 2. The molecule has 0 unspecified atom stereocenters. The van der Waals surface area contributed by atoms with Crippen LogP contribution >= 0.6 is 11.6 Å². The van der Waals surface area contributed by atoms with Gasteiger partial charge in [-0.1, -0.05) is 29.8 Å². The molecule has 4 atom stereocenters. The van der Waals surface area contributed by atoms with Crippen molar-refractivity contribution in [2.75, 3.05) is 23.8 Å². The summed E-state index contributed by atoms with van der Waals surface area (Å²) in [7, 11) is 0. The van der Waals surface area contributed by atoms with E-state index in [1.807, 2.05) is 18.2 Å². The number of para-hydroxylation sites is 1. The standard InChI is InChI=1S/C20H20ClN3O5/c21-12-6-8-14(9-7-12)22-19(25)24-15-10-27-18-16(11-28-17(15)18)29-20(26)23-13-4-2-1-3-5-13/h1-9,15-18H,10-11H2,(H,23,26)(H2,22,24,25)/t15-,16+,17+,18+/m0/s1. The Balaban J connectivity index is 1.27. The number of benzene rings is 2. The van der Waals surface area contributed by atoms with Crippen LogP contribution in [-0.4, -0.2) is 49.7 Å². The number of halogens is 1. The Labute approximate surface area is 172 Å². The van der Waals surface area contributed by atoms with Gasteiger partial charge in [-0.3, -0.25) is 5.32 Å². The zero-order chi connectivity index (χ0) is 20.2. The molecule has 2 aliphatic heterocycles. The summed E-state index contributed by atoms with van der Waals surface area (Å²) in [6, 6.07) is 15.1. The zero-order valence-corrected chi connectivity index (χ0v) is 16.1. The highest BCUT2D eigenvalue weighted by molar-refractivity contribution is 6.30. The van der Waals surface area contributed by atoms with Crippen LogP contribution in [0.3, 0.4) is 0 Å². The number of fused-ring (bicyclic) bond motifs is 1. The van der Waals surface area contributed by atoms with Gasteiger partial charge in [-0.05, 0) is 36.4 Å². The Kier molecular flexibility index (Phi) is 5.84. The minimum atomic E-state index is -0.578. The molecule has 3 N–H and O–H groups in total. The molecule has 2 saturated heterocycles. The van der Waals surface area contributed by atoms with Crippen molar-refractivity contribution in [1.29, 1.82) is 0 Å². The first kappa shape index (κ1) is 19.5. The molecule has 152 valence electrons. The van der Waals surface area contributed by atoms with Crippen LogP contribution in [0, 0.1) is 0 Å². The van der Waals surface area contributed by atoms with E-state index in [0.29, 0.717) is 16.4 Å². The monoisotopic (exact) mass is 417 g/mol. The third-order valence-corrected chi connectivity index (χ3v) is 4.96. The maximum Gasteiger partial charge on any atom is 0.412 e. The number of anilines is 2. The van der Waals surface area contributed by atoms with Crippen LogP contribution in [0.25, 0.3) is 0 Å². The van der Waals surface area contributed by atoms with Gasteiger partial charge in [0, 0.05) is 16.4 Å². The van der Waals surface area contributed by atoms with Gasteiger partial charge in [0.25, 0.3) is 0 Å². The molecule has 2 heterocycles. The molecule has 2 aliphatic rings. The van der Waals surface area contributed by atoms with E-state index in [0.717, 1.165) is 0 Å². The van der Waals surface area contributed by atoms with E-state index in [-0.39, 0.29) is 31.4 Å². The van der Waals surface area contributed by atoms with Gasteiger partial charge in [0.2, 0.25) is 0 Å². The summed E-state index contributed by atoms with van der Waals surface area (Å²) < 4.78 is 16.9. The molecule has 4 rings (SSSR count). The lowest BCUT2D eigenvalue weighted by Gasteiger charge is -2.18. The number of amides is 3. The van der Waals surface area contributed by atoms with E-state index in [9.17, 15) is 9.59 Å². The van der Waals surface area contributed by atoms with Gasteiger partial charge in [0.15, 0.2) is 6.10 Å². The highest BCUT2D eigenvalue weighted by Crippen LogP contribution is 2.29. The van der Waals surface area contributed by atoms with Gasteiger partial charge < -0.3 is 24.8 Å². The number of hydrogen-bond acceptors (Lipinski definition) is 5. The fourth-order valence-corrected chi connectivity index (χ4v) is 3.49. The van der Waals surface area contributed by atoms with E-state index < -0.39 is 18.3 Å². The minimum absolute atomic E-state index is 0.203. The quantitative estimate of drug-likeness (QED) is 0.709. The highest BCUT2D eigenvalue weighted by Gasteiger charge is 2.50. The first-order valence-electron chi connectivity index (χ1n) is 9.17. The van der Waals surface area contributed by atoms with Gasteiger partial charge in [-0.2, -0.15) is 0 Å². The third kappa shape index (κ3) is 4.79. The smallest absolute Gasteiger partial charge is 0.412 e. The molecule has 2 aromatic rings. The van der Waals surface area contributed by atoms with Crippen LogP contribution in [0.2, 0.25) is 5.02 Å². The molecule has 8 nitrogen and oxygen atoms in total. The second-order valence-electron chi connectivity index (χ2n) is 6.74. The van der Waals surface area contributed by atoms with Crippen molar-refractivity contribution in [2.45, 2.75) is 24.4 Å². The number of nitrogens with one attached hydrogen (secondary N) is 3. The van der Waals surface area contributed by atoms with E-state index >= 15 is 0 Å². The molecule has 3 amide bonds. The van der Waals surface area contributed by atoms with E-state index in [1.165, 1.54) is 0 Å². The molecule has 29 heavy (non-hydrogen) atoms. The van der Waals surface area contributed by atoms with Crippen molar-refractivity contribution in [3.05, 3.63) is 59.6 Å². The van der Waals surface area contributed by atoms with Crippen molar-refractivity contribution in [2.24, 2.45) is 0 Å². The molecule has 0 aliphatic carbocycles. The summed E-state index contributed by atoms with van der Waals surface area (Å²) >= 11 is 5.84. The van der Waals surface area contributed by atoms with Crippen molar-refractivity contribution in [3.8, 4) is 0 Å². The molecule has 0 spiro atoms. The average molecular weight is 418 g/mol. The molecule has 0 bridgehead atoms. The van der Waals surface area contributed by atoms with E-state index in [1.54, 1.807) is 36.4 Å². The minimum Gasteiger partial charge on any atom is -0.441 e. The van der Waals surface area contributed by atoms with Crippen LogP contribution in [-0.2, 0) is 14.2 Å². The molecule has 0 radical (unpaired) electrons. The van der Waals surface area contributed by atoms with E-state index in [2.05, 4.69) is 16.0 Å². The van der Waals surface area contributed by atoms with Crippen molar-refractivity contribution < 1.29 is 23.8 Å². The lowest BCUT2D eigenvalue weighted by molar-refractivity contribution is 0.00874. The van der Waals surface area contributed by atoms with Crippen LogP contribution < -0.4 is 16.0 Å². The maximum absolute atomic E-state index is 12.2. The number of rotatable bonds is 4. The summed E-state index contributed by atoms with van der Waals surface area (Å²) in [5, 5.41) is 8.82. The summed E-state index contributed by atoms with van der Waals surface area (Å²) in [6.45, 7) is 0.470.